The molecule has 2 heterocycles. The monoisotopic (exact) mass is 289 g/mol. The van der Waals surface area contributed by atoms with Crippen molar-refractivity contribution < 1.29 is 4.74 Å². The average molecular weight is 289 g/mol. The van der Waals surface area contributed by atoms with Gasteiger partial charge in [0, 0.05) is 27.7 Å². The third kappa shape index (κ3) is 1.84. The number of ether oxygens (including phenoxy) is 1. The van der Waals surface area contributed by atoms with Crippen molar-refractivity contribution >= 4 is 11.9 Å². The Labute approximate surface area is 125 Å². The van der Waals surface area contributed by atoms with Crippen LogP contribution in [0.25, 0.3) is 0 Å². The van der Waals surface area contributed by atoms with E-state index in [0.29, 0.717) is 12.1 Å². The van der Waals surface area contributed by atoms with Crippen molar-refractivity contribution in [2.45, 2.75) is 31.9 Å². The molecule has 0 N–H and O–H groups in total. The second-order valence-electron chi connectivity index (χ2n) is 6.88. The summed E-state index contributed by atoms with van der Waals surface area (Å²) in [4.78, 5) is 18.0. The third-order valence-corrected chi connectivity index (χ3v) is 5.47. The highest BCUT2D eigenvalue weighted by Crippen LogP contribution is 2.56. The Morgan fingerprint density at radius 1 is 1.14 bits per heavy atom. The zero-order valence-electron chi connectivity index (χ0n) is 13.2. The Morgan fingerprint density at radius 2 is 1.95 bits per heavy atom. The van der Waals surface area contributed by atoms with Gasteiger partial charge in [-0.1, -0.05) is 0 Å². The molecule has 1 aromatic heterocycles. The van der Waals surface area contributed by atoms with Gasteiger partial charge < -0.3 is 14.5 Å². The van der Waals surface area contributed by atoms with Crippen LogP contribution in [0.5, 0.6) is 0 Å². The standard InChI is InChI=1S/C15H23N5O/c1-8-16-14(19(2)3)18-15(17-8)20-7-10-5-9-6-11(10)12(20)13(9)21-4/h9-13H,5-7H2,1-4H3. The largest absolute Gasteiger partial charge is 0.379 e. The number of hydrogen-bond donors (Lipinski definition) is 0. The lowest BCUT2D eigenvalue weighted by atomic mass is 9.88. The molecule has 2 bridgehead atoms. The number of hydrogen-bond acceptors (Lipinski definition) is 6. The van der Waals surface area contributed by atoms with Crippen molar-refractivity contribution in [3.63, 3.8) is 0 Å². The first-order valence-electron chi connectivity index (χ1n) is 7.78. The maximum atomic E-state index is 5.81. The summed E-state index contributed by atoms with van der Waals surface area (Å²) in [5.41, 5.74) is 0. The molecule has 0 aromatic carbocycles. The minimum atomic E-state index is 0.341. The molecular formula is C15H23N5O. The minimum Gasteiger partial charge on any atom is -0.379 e. The Bertz CT molecular complexity index is 561. The Kier molecular flexibility index (Phi) is 2.86. The third-order valence-electron chi connectivity index (χ3n) is 5.47. The number of aromatic nitrogens is 3. The van der Waals surface area contributed by atoms with E-state index in [0.717, 1.165) is 42.0 Å². The first kappa shape index (κ1) is 13.2. The summed E-state index contributed by atoms with van der Waals surface area (Å²) in [5.74, 6) is 4.64. The molecule has 5 atom stereocenters. The van der Waals surface area contributed by atoms with Gasteiger partial charge in [-0.25, -0.2) is 0 Å². The lowest BCUT2D eigenvalue weighted by molar-refractivity contribution is 0.0445. The number of aryl methyl sites for hydroxylation is 1. The van der Waals surface area contributed by atoms with Crippen LogP contribution >= 0.6 is 0 Å². The van der Waals surface area contributed by atoms with Gasteiger partial charge in [-0.15, -0.1) is 0 Å². The molecule has 21 heavy (non-hydrogen) atoms. The van der Waals surface area contributed by atoms with Crippen molar-refractivity contribution in [1.29, 1.82) is 0 Å². The molecular weight excluding hydrogens is 266 g/mol. The quantitative estimate of drug-likeness (QED) is 0.831. The van der Waals surface area contributed by atoms with Gasteiger partial charge in [-0.05, 0) is 37.5 Å². The summed E-state index contributed by atoms with van der Waals surface area (Å²) in [6, 6.07) is 0.454. The molecule has 1 aromatic rings. The Hall–Kier alpha value is -1.43. The predicted molar refractivity (Wildman–Crippen MR) is 80.5 cm³/mol. The molecule has 2 aliphatic carbocycles. The van der Waals surface area contributed by atoms with Crippen LogP contribution in [0.4, 0.5) is 11.9 Å². The summed E-state index contributed by atoms with van der Waals surface area (Å²) in [6.45, 7) is 3.01. The van der Waals surface area contributed by atoms with E-state index >= 15 is 0 Å². The Balaban J connectivity index is 1.71. The van der Waals surface area contributed by atoms with Gasteiger partial charge in [-0.2, -0.15) is 15.0 Å². The molecule has 114 valence electrons. The molecule has 2 saturated carbocycles. The molecule has 3 aliphatic rings. The fraction of sp³-hybridized carbons (Fsp3) is 0.800. The van der Waals surface area contributed by atoms with E-state index in [-0.39, 0.29) is 0 Å². The van der Waals surface area contributed by atoms with Crippen molar-refractivity contribution in [1.82, 2.24) is 15.0 Å². The van der Waals surface area contributed by atoms with Gasteiger partial charge in [0.25, 0.3) is 0 Å². The molecule has 6 nitrogen and oxygen atoms in total. The van der Waals surface area contributed by atoms with Crippen LogP contribution in [0.2, 0.25) is 0 Å². The van der Waals surface area contributed by atoms with Crippen LogP contribution in [0, 0.1) is 24.7 Å². The second-order valence-corrected chi connectivity index (χ2v) is 6.88. The lowest BCUT2D eigenvalue weighted by Crippen LogP contribution is -2.42. The van der Waals surface area contributed by atoms with E-state index in [4.69, 9.17) is 4.74 Å². The number of rotatable bonds is 3. The first-order chi connectivity index (χ1) is 10.1. The highest BCUT2D eigenvalue weighted by atomic mass is 16.5. The SMILES string of the molecule is COC1C2CC3CN(c4nc(C)nc(N(C)C)n4)C1C3C2. The molecule has 0 amide bonds. The summed E-state index contributed by atoms with van der Waals surface area (Å²) in [7, 11) is 5.78. The van der Waals surface area contributed by atoms with Crippen molar-refractivity contribution in [3.05, 3.63) is 5.82 Å². The second kappa shape index (κ2) is 4.53. The molecule has 3 fully saturated rings. The van der Waals surface area contributed by atoms with Crippen LogP contribution < -0.4 is 9.80 Å². The highest BCUT2D eigenvalue weighted by molar-refractivity contribution is 5.43. The van der Waals surface area contributed by atoms with E-state index in [1.54, 1.807) is 0 Å². The summed E-state index contributed by atoms with van der Waals surface area (Å²) < 4.78 is 5.81. The predicted octanol–water partition coefficient (Wildman–Crippen LogP) is 1.11. The molecule has 1 aliphatic heterocycles. The zero-order chi connectivity index (χ0) is 14.7. The maximum Gasteiger partial charge on any atom is 0.230 e. The molecule has 1 saturated heterocycles. The topological polar surface area (TPSA) is 54.4 Å². The number of methoxy groups -OCH3 is 1. The minimum absolute atomic E-state index is 0.341. The molecule has 0 spiro atoms. The van der Waals surface area contributed by atoms with Gasteiger partial charge in [0.15, 0.2) is 0 Å². The summed E-state index contributed by atoms with van der Waals surface area (Å²) >= 11 is 0. The van der Waals surface area contributed by atoms with Crippen molar-refractivity contribution in [2.24, 2.45) is 17.8 Å². The first-order valence-corrected chi connectivity index (χ1v) is 7.78. The van der Waals surface area contributed by atoms with E-state index in [1.807, 2.05) is 33.0 Å². The van der Waals surface area contributed by atoms with E-state index < -0.39 is 0 Å². The van der Waals surface area contributed by atoms with Crippen LogP contribution in [-0.4, -0.2) is 54.8 Å². The molecule has 5 unspecified atom stereocenters. The number of fused-ring (bicyclic) bond motifs is 1. The number of nitrogens with zero attached hydrogens (tertiary/aromatic N) is 5. The molecule has 6 heteroatoms. The molecule has 4 rings (SSSR count). The van der Waals surface area contributed by atoms with E-state index in [9.17, 15) is 0 Å². The summed E-state index contributed by atoms with van der Waals surface area (Å²) in [5, 5.41) is 0. The number of anilines is 2. The van der Waals surface area contributed by atoms with Gasteiger partial charge in [0.1, 0.15) is 5.82 Å². The van der Waals surface area contributed by atoms with Crippen molar-refractivity contribution in [3.8, 4) is 0 Å². The van der Waals surface area contributed by atoms with Gasteiger partial charge >= 0.3 is 0 Å². The molecule has 0 radical (unpaired) electrons. The van der Waals surface area contributed by atoms with Crippen LogP contribution in [0.1, 0.15) is 18.7 Å². The van der Waals surface area contributed by atoms with Gasteiger partial charge in [0.05, 0.1) is 12.1 Å². The fourth-order valence-corrected chi connectivity index (χ4v) is 4.73. The summed E-state index contributed by atoms with van der Waals surface area (Å²) in [6.07, 6.45) is 2.96. The van der Waals surface area contributed by atoms with E-state index in [2.05, 4.69) is 19.9 Å². The normalized spacial score (nSPS) is 36.6. The lowest BCUT2D eigenvalue weighted by Gasteiger charge is -2.31. The van der Waals surface area contributed by atoms with Gasteiger partial charge in [0.2, 0.25) is 11.9 Å². The average Bonchev–Trinajstić information content (AvgIpc) is 3.05. The van der Waals surface area contributed by atoms with Gasteiger partial charge in [-0.3, -0.25) is 0 Å². The van der Waals surface area contributed by atoms with Crippen LogP contribution in [-0.2, 0) is 4.74 Å². The van der Waals surface area contributed by atoms with Crippen LogP contribution in [0.3, 0.4) is 0 Å². The maximum absolute atomic E-state index is 5.81. The van der Waals surface area contributed by atoms with E-state index in [1.165, 1.54) is 12.8 Å². The fourth-order valence-electron chi connectivity index (χ4n) is 4.73. The highest BCUT2D eigenvalue weighted by Gasteiger charge is 2.60. The zero-order valence-corrected chi connectivity index (χ0v) is 13.2. The van der Waals surface area contributed by atoms with Crippen molar-refractivity contribution in [2.75, 3.05) is 37.5 Å². The smallest absolute Gasteiger partial charge is 0.230 e. The Morgan fingerprint density at radius 3 is 2.67 bits per heavy atom. The van der Waals surface area contributed by atoms with Crippen LogP contribution in [0.15, 0.2) is 0 Å².